The number of fused-ring (bicyclic) bond motifs is 2. The van der Waals surface area contributed by atoms with Gasteiger partial charge in [-0.2, -0.15) is 0 Å². The van der Waals surface area contributed by atoms with E-state index in [1.807, 2.05) is 12.1 Å². The van der Waals surface area contributed by atoms with Crippen molar-refractivity contribution in [2.24, 2.45) is 5.73 Å². The van der Waals surface area contributed by atoms with E-state index < -0.39 is 0 Å². The highest BCUT2D eigenvalue weighted by molar-refractivity contribution is 5.47. The fourth-order valence-electron chi connectivity index (χ4n) is 3.04. The van der Waals surface area contributed by atoms with Crippen LogP contribution in [0.25, 0.3) is 0 Å². The Morgan fingerprint density at radius 1 is 1.36 bits per heavy atom. The summed E-state index contributed by atoms with van der Waals surface area (Å²) in [5.74, 6) is 0.379. The van der Waals surface area contributed by atoms with Crippen LogP contribution in [0.2, 0.25) is 0 Å². The first-order chi connectivity index (χ1) is 6.72. The minimum atomic E-state index is 0.216. The predicted octanol–water partition coefficient (Wildman–Crippen LogP) is 1.70. The summed E-state index contributed by atoms with van der Waals surface area (Å²) < 4.78 is 0. The maximum atomic E-state index is 9.49. The molecule has 2 nitrogen and oxygen atoms in total. The number of aromatic hydroxyl groups is 1. The first-order valence-corrected chi connectivity index (χ1v) is 5.30. The van der Waals surface area contributed by atoms with Crippen molar-refractivity contribution >= 4 is 0 Å². The lowest BCUT2D eigenvalue weighted by Crippen LogP contribution is -2.47. The van der Waals surface area contributed by atoms with Gasteiger partial charge >= 0.3 is 0 Å². The lowest BCUT2D eigenvalue weighted by atomic mass is 9.63. The van der Waals surface area contributed by atoms with E-state index in [4.69, 9.17) is 5.73 Å². The largest absolute Gasteiger partial charge is 0.508 e. The number of phenols is 1. The Bertz CT molecular complexity index is 382. The van der Waals surface area contributed by atoms with Gasteiger partial charge in [0.25, 0.3) is 0 Å². The minimum absolute atomic E-state index is 0.216. The van der Waals surface area contributed by atoms with E-state index >= 15 is 0 Å². The Morgan fingerprint density at radius 2 is 2.14 bits per heavy atom. The second-order valence-electron chi connectivity index (χ2n) is 4.66. The number of rotatable bonds is 0. The highest BCUT2D eigenvalue weighted by Gasteiger charge is 2.49. The first kappa shape index (κ1) is 8.30. The number of phenolic OH excluding ortho intramolecular Hbond substituents is 1. The zero-order valence-corrected chi connectivity index (χ0v) is 8.16. The molecule has 0 radical (unpaired) electrons. The Labute approximate surface area is 83.7 Å². The van der Waals surface area contributed by atoms with Crippen LogP contribution in [0.3, 0.4) is 0 Å². The Hall–Kier alpha value is -1.02. The summed E-state index contributed by atoms with van der Waals surface area (Å²) in [6, 6.07) is 5.98. The zero-order chi connectivity index (χ0) is 9.76. The van der Waals surface area contributed by atoms with E-state index in [1.54, 1.807) is 6.07 Å². The molecule has 0 amide bonds. The standard InChI is InChI=1S/C12H15NO/c13-11-6-8-2-3-9(14)7-10(8)12(11)4-1-5-12/h2-3,7,11,14H,1,4-6,13H2. The van der Waals surface area contributed by atoms with E-state index in [0.717, 1.165) is 6.42 Å². The van der Waals surface area contributed by atoms with Crippen LogP contribution in [-0.2, 0) is 11.8 Å². The first-order valence-electron chi connectivity index (χ1n) is 5.30. The lowest BCUT2D eigenvalue weighted by molar-refractivity contribution is 0.213. The average Bonchev–Trinajstić information content (AvgIpc) is 2.35. The number of hydrogen-bond acceptors (Lipinski definition) is 2. The maximum Gasteiger partial charge on any atom is 0.115 e. The molecule has 3 rings (SSSR count). The molecule has 1 atom stereocenters. The third-order valence-electron chi connectivity index (χ3n) is 4.03. The second-order valence-corrected chi connectivity index (χ2v) is 4.66. The van der Waals surface area contributed by atoms with Crippen LogP contribution < -0.4 is 5.73 Å². The number of benzene rings is 1. The van der Waals surface area contributed by atoms with Gasteiger partial charge in [-0.1, -0.05) is 12.5 Å². The lowest BCUT2D eigenvalue weighted by Gasteiger charge is -2.43. The van der Waals surface area contributed by atoms with Gasteiger partial charge in [0.15, 0.2) is 0 Å². The van der Waals surface area contributed by atoms with E-state index in [0.29, 0.717) is 5.75 Å². The van der Waals surface area contributed by atoms with Crippen LogP contribution >= 0.6 is 0 Å². The van der Waals surface area contributed by atoms with Crippen molar-refractivity contribution in [1.82, 2.24) is 0 Å². The maximum absolute atomic E-state index is 9.49. The smallest absolute Gasteiger partial charge is 0.115 e. The summed E-state index contributed by atoms with van der Waals surface area (Å²) in [6.45, 7) is 0. The van der Waals surface area contributed by atoms with Gasteiger partial charge in [-0.3, -0.25) is 0 Å². The fourth-order valence-corrected chi connectivity index (χ4v) is 3.04. The van der Waals surface area contributed by atoms with Crippen LogP contribution in [0, 0.1) is 0 Å². The SMILES string of the molecule is NC1Cc2ccc(O)cc2C12CCC2. The average molecular weight is 189 g/mol. The van der Waals surface area contributed by atoms with Gasteiger partial charge in [0.05, 0.1) is 0 Å². The summed E-state index contributed by atoms with van der Waals surface area (Å²) >= 11 is 0. The van der Waals surface area contributed by atoms with Gasteiger partial charge in [-0.25, -0.2) is 0 Å². The predicted molar refractivity (Wildman–Crippen MR) is 55.3 cm³/mol. The van der Waals surface area contributed by atoms with Gasteiger partial charge in [-0.05, 0) is 42.5 Å². The summed E-state index contributed by atoms with van der Waals surface area (Å²) in [6.07, 6.45) is 4.66. The fraction of sp³-hybridized carbons (Fsp3) is 0.500. The zero-order valence-electron chi connectivity index (χ0n) is 8.16. The Kier molecular flexibility index (Phi) is 1.49. The molecule has 0 heterocycles. The molecule has 0 aliphatic heterocycles. The molecule has 1 aromatic carbocycles. The molecule has 3 N–H and O–H groups in total. The molecular weight excluding hydrogens is 174 g/mol. The molecule has 0 bridgehead atoms. The highest BCUT2D eigenvalue weighted by atomic mass is 16.3. The van der Waals surface area contributed by atoms with Crippen molar-refractivity contribution in [3.63, 3.8) is 0 Å². The van der Waals surface area contributed by atoms with E-state index in [2.05, 4.69) is 0 Å². The summed E-state index contributed by atoms with van der Waals surface area (Å²) in [5, 5.41) is 9.49. The van der Waals surface area contributed by atoms with Crippen molar-refractivity contribution in [1.29, 1.82) is 0 Å². The third kappa shape index (κ3) is 0.845. The van der Waals surface area contributed by atoms with Crippen LogP contribution in [0.4, 0.5) is 0 Å². The second kappa shape index (κ2) is 2.51. The number of nitrogens with two attached hydrogens (primary N) is 1. The van der Waals surface area contributed by atoms with Crippen LogP contribution in [-0.4, -0.2) is 11.1 Å². The monoisotopic (exact) mass is 189 g/mol. The van der Waals surface area contributed by atoms with E-state index in [9.17, 15) is 5.11 Å². The molecule has 74 valence electrons. The van der Waals surface area contributed by atoms with Gasteiger partial charge < -0.3 is 10.8 Å². The molecule has 1 saturated carbocycles. The molecular formula is C12H15NO. The minimum Gasteiger partial charge on any atom is -0.508 e. The molecule has 1 spiro atoms. The molecule has 0 saturated heterocycles. The Balaban J connectivity index is 2.15. The summed E-state index contributed by atoms with van der Waals surface area (Å²) in [4.78, 5) is 0. The van der Waals surface area contributed by atoms with E-state index in [1.165, 1.54) is 30.4 Å². The van der Waals surface area contributed by atoms with E-state index in [-0.39, 0.29) is 11.5 Å². The molecule has 1 aromatic rings. The van der Waals surface area contributed by atoms with Crippen LogP contribution in [0.15, 0.2) is 18.2 Å². The van der Waals surface area contributed by atoms with Crippen molar-refractivity contribution in [3.8, 4) is 5.75 Å². The normalized spacial score (nSPS) is 27.4. The van der Waals surface area contributed by atoms with Crippen molar-refractivity contribution < 1.29 is 5.11 Å². The molecule has 1 fully saturated rings. The van der Waals surface area contributed by atoms with Crippen molar-refractivity contribution in [3.05, 3.63) is 29.3 Å². The van der Waals surface area contributed by atoms with Crippen molar-refractivity contribution in [2.45, 2.75) is 37.1 Å². The molecule has 2 aliphatic carbocycles. The topological polar surface area (TPSA) is 46.2 Å². The molecule has 2 aliphatic rings. The molecule has 2 heteroatoms. The highest BCUT2D eigenvalue weighted by Crippen LogP contribution is 2.52. The summed E-state index contributed by atoms with van der Waals surface area (Å²) in [5.41, 5.74) is 9.07. The van der Waals surface area contributed by atoms with Gasteiger partial charge in [0, 0.05) is 11.5 Å². The van der Waals surface area contributed by atoms with Gasteiger partial charge in [0.1, 0.15) is 5.75 Å². The molecule has 0 aromatic heterocycles. The molecule has 1 unspecified atom stereocenters. The summed E-state index contributed by atoms with van der Waals surface area (Å²) in [7, 11) is 0. The Morgan fingerprint density at radius 3 is 2.79 bits per heavy atom. The quantitative estimate of drug-likeness (QED) is 0.652. The third-order valence-corrected chi connectivity index (χ3v) is 4.03. The van der Waals surface area contributed by atoms with Crippen LogP contribution in [0.1, 0.15) is 30.4 Å². The van der Waals surface area contributed by atoms with Gasteiger partial charge in [0.2, 0.25) is 0 Å². The van der Waals surface area contributed by atoms with Crippen LogP contribution in [0.5, 0.6) is 5.75 Å². The van der Waals surface area contributed by atoms with Crippen molar-refractivity contribution in [2.75, 3.05) is 0 Å². The molecule has 14 heavy (non-hydrogen) atoms. The number of hydrogen-bond donors (Lipinski definition) is 2. The van der Waals surface area contributed by atoms with Gasteiger partial charge in [-0.15, -0.1) is 0 Å².